The molecule has 0 bridgehead atoms. The SMILES string of the molecule is C[C@]12C=CC(=O)C=C1CC[C@@H]1[C@@H]2[C@@H](O)C[C@@]2(C)[C@H]1C[C@H]1O[C@@H](c3cc(Cc4ccc(N)cc4)c(Cl)s3)O[C@]12C(=O)CO. The van der Waals surface area contributed by atoms with Gasteiger partial charge < -0.3 is 25.4 Å². The Kier molecular flexibility index (Phi) is 6.66. The van der Waals surface area contributed by atoms with Crippen molar-refractivity contribution < 1.29 is 29.3 Å². The van der Waals surface area contributed by atoms with Gasteiger partial charge in [-0.15, -0.1) is 11.3 Å². The number of carbonyl (C=O) groups is 2. The molecule has 0 amide bonds. The number of thiophene rings is 1. The molecule has 7 nitrogen and oxygen atoms in total. The maximum atomic E-state index is 13.8. The van der Waals surface area contributed by atoms with Gasteiger partial charge >= 0.3 is 0 Å². The van der Waals surface area contributed by atoms with Crippen LogP contribution in [0.15, 0.2) is 54.1 Å². The maximum absolute atomic E-state index is 13.8. The number of nitrogen functional groups attached to an aromatic ring is 1. The van der Waals surface area contributed by atoms with Crippen molar-refractivity contribution in [2.45, 2.75) is 70.1 Å². The van der Waals surface area contributed by atoms with Crippen molar-refractivity contribution >= 4 is 40.2 Å². The van der Waals surface area contributed by atoms with Gasteiger partial charge in [0.1, 0.15) is 6.61 Å². The van der Waals surface area contributed by atoms with Crippen LogP contribution >= 0.6 is 22.9 Å². The lowest BCUT2D eigenvalue weighted by Crippen LogP contribution is -2.63. The first-order chi connectivity index (χ1) is 20.0. The second-order valence-electron chi connectivity index (χ2n) is 13.2. The number of ketones is 2. The minimum absolute atomic E-state index is 0.00268. The number of ether oxygens (including phenoxy) is 2. The standard InChI is InChI=1S/C33H36ClNO6S/c1-31-10-9-21(37)13-19(31)5-8-22-23-14-27-33(26(39)16-36,32(23,2)15-24(38)28(22)31)41-30(40-27)25-12-18(29(34)42-25)11-17-3-6-20(35)7-4-17/h3-4,6-7,9-10,12-13,22-24,27-28,30,36,38H,5,8,11,14-16,35H2,1-2H3/t22-,23-,24-,27+,28+,30+,31-,32-,33+/m0/s1. The second-order valence-corrected chi connectivity index (χ2v) is 14.9. The number of fused-ring (bicyclic) bond motifs is 7. The predicted molar refractivity (Wildman–Crippen MR) is 160 cm³/mol. The summed E-state index contributed by atoms with van der Waals surface area (Å²) in [5.74, 6) is -0.327. The third kappa shape index (κ3) is 3.92. The van der Waals surface area contributed by atoms with Crippen LogP contribution in [0.1, 0.15) is 61.8 Å². The quantitative estimate of drug-likeness (QED) is 0.400. The number of carbonyl (C=O) groups excluding carboxylic acids is 2. The molecule has 5 aliphatic rings. The molecule has 4 aliphatic carbocycles. The molecule has 0 unspecified atom stereocenters. The number of hydrogen-bond acceptors (Lipinski definition) is 8. The Morgan fingerprint density at radius 1 is 1.24 bits per heavy atom. The van der Waals surface area contributed by atoms with Gasteiger partial charge in [-0.05, 0) is 85.4 Å². The van der Waals surface area contributed by atoms with Gasteiger partial charge in [0, 0.05) is 22.4 Å². The molecule has 0 radical (unpaired) electrons. The maximum Gasteiger partial charge on any atom is 0.194 e. The first-order valence-corrected chi connectivity index (χ1v) is 15.9. The van der Waals surface area contributed by atoms with Crippen LogP contribution in [0.4, 0.5) is 5.69 Å². The molecule has 1 aliphatic heterocycles. The van der Waals surface area contributed by atoms with Gasteiger partial charge in [-0.1, -0.05) is 49.2 Å². The average molecular weight is 610 g/mol. The zero-order valence-corrected chi connectivity index (χ0v) is 25.3. The first kappa shape index (κ1) is 28.4. The number of anilines is 1. The molecule has 42 heavy (non-hydrogen) atoms. The van der Waals surface area contributed by atoms with Gasteiger partial charge in [-0.3, -0.25) is 9.59 Å². The van der Waals surface area contributed by atoms with Gasteiger partial charge in [0.05, 0.1) is 21.4 Å². The number of halogens is 1. The van der Waals surface area contributed by atoms with Gasteiger partial charge in [-0.25, -0.2) is 0 Å². The van der Waals surface area contributed by atoms with Gasteiger partial charge in [-0.2, -0.15) is 0 Å². The third-order valence-electron chi connectivity index (χ3n) is 11.2. The molecule has 4 N–H and O–H groups in total. The number of benzene rings is 1. The number of hydrogen-bond donors (Lipinski definition) is 3. The summed E-state index contributed by atoms with van der Waals surface area (Å²) in [6.45, 7) is 3.50. The van der Waals surface area contributed by atoms with Crippen LogP contribution in [0.3, 0.4) is 0 Å². The largest absolute Gasteiger partial charge is 0.399 e. The summed E-state index contributed by atoms with van der Waals surface area (Å²) in [6.07, 6.45) is 6.42. The van der Waals surface area contributed by atoms with Crippen LogP contribution in [0.2, 0.25) is 4.34 Å². The lowest BCUT2D eigenvalue weighted by molar-refractivity contribution is -0.200. The van der Waals surface area contributed by atoms with E-state index < -0.39 is 47.3 Å². The summed E-state index contributed by atoms with van der Waals surface area (Å²) in [7, 11) is 0. The van der Waals surface area contributed by atoms with E-state index in [2.05, 4.69) is 6.92 Å². The summed E-state index contributed by atoms with van der Waals surface area (Å²) in [5.41, 5.74) is 7.08. The van der Waals surface area contributed by atoms with E-state index in [4.69, 9.17) is 26.8 Å². The first-order valence-electron chi connectivity index (χ1n) is 14.7. The Bertz CT molecular complexity index is 1520. The predicted octanol–water partition coefficient (Wildman–Crippen LogP) is 5.18. The molecule has 2 heterocycles. The summed E-state index contributed by atoms with van der Waals surface area (Å²) in [6, 6.07) is 9.64. The van der Waals surface area contributed by atoms with Crippen molar-refractivity contribution in [3.05, 3.63) is 74.5 Å². The molecule has 3 saturated carbocycles. The highest BCUT2D eigenvalue weighted by atomic mass is 35.5. The normalized spacial score (nSPS) is 40.2. The highest BCUT2D eigenvalue weighted by Crippen LogP contribution is 2.70. The summed E-state index contributed by atoms with van der Waals surface area (Å²) >= 11 is 8.05. The number of aliphatic hydroxyl groups excluding tert-OH is 2. The zero-order valence-electron chi connectivity index (χ0n) is 23.7. The van der Waals surface area contributed by atoms with Crippen molar-refractivity contribution in [2.75, 3.05) is 12.3 Å². The van der Waals surface area contributed by atoms with E-state index in [0.717, 1.165) is 34.4 Å². The highest BCUT2D eigenvalue weighted by molar-refractivity contribution is 7.16. The van der Waals surface area contributed by atoms with E-state index in [1.165, 1.54) is 11.3 Å². The van der Waals surface area contributed by atoms with Crippen LogP contribution in [0.5, 0.6) is 0 Å². The number of rotatable bonds is 5. The summed E-state index contributed by atoms with van der Waals surface area (Å²) in [4.78, 5) is 26.7. The van der Waals surface area contributed by atoms with Crippen molar-refractivity contribution in [1.82, 2.24) is 0 Å². The van der Waals surface area contributed by atoms with Gasteiger partial charge in [0.2, 0.25) is 0 Å². The minimum Gasteiger partial charge on any atom is -0.399 e. The highest BCUT2D eigenvalue weighted by Gasteiger charge is 2.76. The van der Waals surface area contributed by atoms with Crippen molar-refractivity contribution in [2.24, 2.45) is 28.6 Å². The molecule has 1 aromatic carbocycles. The number of nitrogens with two attached hydrogens (primary N) is 1. The molecule has 9 heteroatoms. The third-order valence-corrected chi connectivity index (χ3v) is 12.6. The van der Waals surface area contributed by atoms with Crippen molar-refractivity contribution in [3.8, 4) is 0 Å². The number of Topliss-reactive ketones (excluding diaryl/α,β-unsaturated/α-hetero) is 1. The van der Waals surface area contributed by atoms with Gasteiger partial charge in [0.25, 0.3) is 0 Å². The summed E-state index contributed by atoms with van der Waals surface area (Å²) < 4.78 is 13.9. The van der Waals surface area contributed by atoms with Crippen molar-refractivity contribution in [1.29, 1.82) is 0 Å². The summed E-state index contributed by atoms with van der Waals surface area (Å²) in [5, 5.41) is 22.0. The van der Waals surface area contributed by atoms with Crippen LogP contribution < -0.4 is 5.73 Å². The number of aliphatic hydroxyl groups is 2. The molecular weight excluding hydrogens is 574 g/mol. The fourth-order valence-corrected chi connectivity index (χ4v) is 10.6. The molecule has 1 saturated heterocycles. The Morgan fingerprint density at radius 2 is 2.00 bits per heavy atom. The molecule has 1 aromatic heterocycles. The molecule has 9 atom stereocenters. The molecule has 222 valence electrons. The Labute approximate surface area is 254 Å². The Morgan fingerprint density at radius 3 is 2.74 bits per heavy atom. The van der Waals surface area contributed by atoms with Crippen LogP contribution in [0.25, 0.3) is 0 Å². The molecule has 0 spiro atoms. The lowest BCUT2D eigenvalue weighted by atomic mass is 9.46. The Balaban J connectivity index is 1.20. The fourth-order valence-electron chi connectivity index (χ4n) is 9.33. The Hall–Kier alpha value is -2.33. The molecule has 4 fully saturated rings. The van der Waals surface area contributed by atoms with Crippen LogP contribution in [-0.4, -0.2) is 46.2 Å². The van der Waals surface area contributed by atoms with Crippen molar-refractivity contribution in [3.63, 3.8) is 0 Å². The molecule has 2 aromatic rings. The van der Waals surface area contributed by atoms with Gasteiger partial charge in [0.15, 0.2) is 23.5 Å². The minimum atomic E-state index is -1.38. The van der Waals surface area contributed by atoms with E-state index in [1.807, 2.05) is 43.3 Å². The van der Waals surface area contributed by atoms with Crippen LogP contribution in [0, 0.1) is 28.6 Å². The topological polar surface area (TPSA) is 119 Å². The lowest BCUT2D eigenvalue weighted by Gasteiger charge is -2.59. The van der Waals surface area contributed by atoms with E-state index in [0.29, 0.717) is 29.3 Å². The fraction of sp³-hybridized carbons (Fsp3) is 0.515. The van der Waals surface area contributed by atoms with E-state index in [9.17, 15) is 19.8 Å². The van der Waals surface area contributed by atoms with E-state index in [1.54, 1.807) is 12.2 Å². The zero-order chi connectivity index (χ0) is 29.6. The molecule has 7 rings (SSSR count). The van der Waals surface area contributed by atoms with E-state index in [-0.39, 0.29) is 23.5 Å². The number of allylic oxidation sites excluding steroid dienone is 4. The monoisotopic (exact) mass is 609 g/mol. The smallest absolute Gasteiger partial charge is 0.194 e. The average Bonchev–Trinajstić information content (AvgIpc) is 3.59. The molecular formula is C33H36ClNO6S. The van der Waals surface area contributed by atoms with E-state index >= 15 is 0 Å². The van der Waals surface area contributed by atoms with Crippen LogP contribution in [-0.2, 0) is 25.5 Å². The second kappa shape index (κ2) is 9.84.